The molecule has 0 saturated heterocycles. The third kappa shape index (κ3) is 3.73. The quantitative estimate of drug-likeness (QED) is 0.670. The Bertz CT molecular complexity index is 861. The lowest BCUT2D eigenvalue weighted by atomic mass is 10.1. The smallest absolute Gasteiger partial charge is 0.246 e. The highest BCUT2D eigenvalue weighted by molar-refractivity contribution is 5.98. The summed E-state index contributed by atoms with van der Waals surface area (Å²) in [5.41, 5.74) is 2.39. The van der Waals surface area contributed by atoms with E-state index in [1.54, 1.807) is 0 Å². The van der Waals surface area contributed by atoms with Gasteiger partial charge in [0.1, 0.15) is 6.04 Å². The summed E-state index contributed by atoms with van der Waals surface area (Å²) >= 11 is 0. The topological polar surface area (TPSA) is 61.4 Å². The first-order chi connectivity index (χ1) is 11.7. The van der Waals surface area contributed by atoms with Crippen LogP contribution in [0.4, 0.5) is 11.4 Å². The molecule has 3 N–H and O–H groups in total. The molecule has 0 aliphatic heterocycles. The molecule has 3 rings (SSSR count). The van der Waals surface area contributed by atoms with E-state index < -0.39 is 6.04 Å². The van der Waals surface area contributed by atoms with Crippen LogP contribution in [0.5, 0.6) is 0 Å². The van der Waals surface area contributed by atoms with Crippen LogP contribution in [-0.4, -0.2) is 17.1 Å². The number of benzene rings is 3. The van der Waals surface area contributed by atoms with Gasteiger partial charge >= 0.3 is 0 Å². The molecule has 0 heterocycles. The Morgan fingerprint density at radius 3 is 2.54 bits per heavy atom. The Kier molecular flexibility index (Phi) is 4.77. The number of fused-ring (bicyclic) bond motifs is 1. The summed E-state index contributed by atoms with van der Waals surface area (Å²) in [5.74, 6) is -0.111. The van der Waals surface area contributed by atoms with E-state index in [0.29, 0.717) is 0 Å². The summed E-state index contributed by atoms with van der Waals surface area (Å²) in [7, 11) is 0. The lowest BCUT2D eigenvalue weighted by Gasteiger charge is -2.16. The normalized spacial score (nSPS) is 11.9. The van der Waals surface area contributed by atoms with Crippen LogP contribution in [0.1, 0.15) is 12.5 Å². The van der Waals surface area contributed by atoms with Crippen molar-refractivity contribution in [3.8, 4) is 0 Å². The van der Waals surface area contributed by atoms with Gasteiger partial charge in [0.2, 0.25) is 5.91 Å². The van der Waals surface area contributed by atoms with Gasteiger partial charge in [-0.05, 0) is 47.5 Å². The van der Waals surface area contributed by atoms with Gasteiger partial charge in [-0.1, -0.05) is 42.5 Å². The number of carbonyl (C=O) groups excluding carboxylic acids is 1. The second kappa shape index (κ2) is 7.15. The fraction of sp³-hybridized carbons (Fsp3) is 0.150. The molecule has 0 spiro atoms. The van der Waals surface area contributed by atoms with Crippen molar-refractivity contribution >= 4 is 28.1 Å². The highest BCUT2D eigenvalue weighted by Gasteiger charge is 2.13. The van der Waals surface area contributed by atoms with Gasteiger partial charge in [0.15, 0.2) is 0 Å². The highest BCUT2D eigenvalue weighted by Crippen LogP contribution is 2.19. The van der Waals surface area contributed by atoms with Crippen molar-refractivity contribution in [3.63, 3.8) is 0 Å². The van der Waals surface area contributed by atoms with E-state index in [2.05, 4.69) is 10.6 Å². The number of aliphatic hydroxyl groups is 1. The number of nitrogens with one attached hydrogen (secondary N) is 2. The number of rotatable bonds is 5. The molecular formula is C20H20N2O2. The minimum absolute atomic E-state index is 0.0206. The Morgan fingerprint density at radius 1 is 0.958 bits per heavy atom. The van der Waals surface area contributed by atoms with Gasteiger partial charge < -0.3 is 15.7 Å². The van der Waals surface area contributed by atoms with Gasteiger partial charge in [-0.15, -0.1) is 0 Å². The van der Waals surface area contributed by atoms with Crippen molar-refractivity contribution in [3.05, 3.63) is 72.3 Å². The summed E-state index contributed by atoms with van der Waals surface area (Å²) in [6, 6.07) is 20.9. The van der Waals surface area contributed by atoms with E-state index in [1.165, 1.54) is 0 Å². The molecule has 0 radical (unpaired) electrons. The summed E-state index contributed by atoms with van der Waals surface area (Å²) in [5, 5.41) is 17.5. The van der Waals surface area contributed by atoms with Gasteiger partial charge in [-0.2, -0.15) is 0 Å². The average molecular weight is 320 g/mol. The van der Waals surface area contributed by atoms with Crippen molar-refractivity contribution in [2.24, 2.45) is 0 Å². The molecule has 4 nitrogen and oxygen atoms in total. The molecule has 3 aromatic rings. The van der Waals surface area contributed by atoms with Crippen LogP contribution < -0.4 is 10.6 Å². The molecule has 24 heavy (non-hydrogen) atoms. The van der Waals surface area contributed by atoms with E-state index in [-0.39, 0.29) is 12.5 Å². The fourth-order valence-electron chi connectivity index (χ4n) is 2.59. The Labute approximate surface area is 141 Å². The minimum Gasteiger partial charge on any atom is -0.392 e. The predicted octanol–water partition coefficient (Wildman–Crippen LogP) is 3.77. The molecule has 0 aliphatic carbocycles. The van der Waals surface area contributed by atoms with E-state index in [0.717, 1.165) is 27.7 Å². The lowest BCUT2D eigenvalue weighted by Crippen LogP contribution is -2.31. The largest absolute Gasteiger partial charge is 0.392 e. The zero-order valence-electron chi connectivity index (χ0n) is 13.5. The Morgan fingerprint density at radius 2 is 1.75 bits per heavy atom. The van der Waals surface area contributed by atoms with Gasteiger partial charge in [-0.25, -0.2) is 0 Å². The predicted molar refractivity (Wildman–Crippen MR) is 98.0 cm³/mol. The zero-order valence-corrected chi connectivity index (χ0v) is 13.5. The average Bonchev–Trinajstić information content (AvgIpc) is 2.61. The van der Waals surface area contributed by atoms with Crippen LogP contribution in [0.25, 0.3) is 10.8 Å². The lowest BCUT2D eigenvalue weighted by molar-refractivity contribution is -0.116. The van der Waals surface area contributed by atoms with Crippen molar-refractivity contribution < 1.29 is 9.90 Å². The molecule has 1 unspecified atom stereocenters. The number of anilines is 2. The number of carbonyl (C=O) groups is 1. The first-order valence-corrected chi connectivity index (χ1v) is 7.92. The molecule has 0 fully saturated rings. The SMILES string of the molecule is CC(Nc1cccc(CO)c1)C(=O)Nc1ccc2ccccc2c1. The van der Waals surface area contributed by atoms with Crippen molar-refractivity contribution in [1.29, 1.82) is 0 Å². The summed E-state index contributed by atoms with van der Waals surface area (Å²) < 4.78 is 0. The maximum atomic E-state index is 12.4. The number of amides is 1. The monoisotopic (exact) mass is 320 g/mol. The van der Waals surface area contributed by atoms with E-state index in [4.69, 9.17) is 0 Å². The van der Waals surface area contributed by atoms with Crippen LogP contribution in [0.15, 0.2) is 66.7 Å². The Hall–Kier alpha value is -2.85. The summed E-state index contributed by atoms with van der Waals surface area (Å²) in [4.78, 5) is 12.4. The zero-order chi connectivity index (χ0) is 16.9. The molecule has 0 saturated carbocycles. The summed E-state index contributed by atoms with van der Waals surface area (Å²) in [6.45, 7) is 1.79. The van der Waals surface area contributed by atoms with E-state index >= 15 is 0 Å². The second-order valence-corrected chi connectivity index (χ2v) is 5.78. The molecule has 1 atom stereocenters. The molecule has 0 aliphatic rings. The molecule has 1 amide bonds. The van der Waals surface area contributed by atoms with Crippen molar-refractivity contribution in [2.75, 3.05) is 10.6 Å². The Balaban J connectivity index is 1.68. The third-order valence-corrected chi connectivity index (χ3v) is 3.90. The maximum absolute atomic E-state index is 12.4. The number of hydrogen-bond acceptors (Lipinski definition) is 3. The molecule has 122 valence electrons. The van der Waals surface area contributed by atoms with Gasteiger partial charge in [0.25, 0.3) is 0 Å². The molecule has 0 bridgehead atoms. The highest BCUT2D eigenvalue weighted by atomic mass is 16.3. The van der Waals surface area contributed by atoms with Crippen LogP contribution >= 0.6 is 0 Å². The van der Waals surface area contributed by atoms with Gasteiger partial charge in [0, 0.05) is 11.4 Å². The summed E-state index contributed by atoms with van der Waals surface area (Å²) in [6.07, 6.45) is 0. The van der Waals surface area contributed by atoms with Gasteiger partial charge in [0.05, 0.1) is 6.61 Å². The standard InChI is InChI=1S/C20H20N2O2/c1-14(21-18-8-4-5-15(11-18)13-23)20(24)22-19-10-9-16-6-2-3-7-17(16)12-19/h2-12,14,21,23H,13H2,1H3,(H,22,24). The van der Waals surface area contributed by atoms with Crippen LogP contribution in [0.3, 0.4) is 0 Å². The van der Waals surface area contributed by atoms with Crippen LogP contribution in [-0.2, 0) is 11.4 Å². The number of aliphatic hydroxyl groups excluding tert-OH is 1. The van der Waals surface area contributed by atoms with Gasteiger partial charge in [-0.3, -0.25) is 4.79 Å². The molecular weight excluding hydrogens is 300 g/mol. The first-order valence-electron chi connectivity index (χ1n) is 7.92. The fourth-order valence-corrected chi connectivity index (χ4v) is 2.59. The van der Waals surface area contributed by atoms with Crippen molar-refractivity contribution in [1.82, 2.24) is 0 Å². The third-order valence-electron chi connectivity index (χ3n) is 3.90. The molecule has 4 heteroatoms. The molecule has 3 aromatic carbocycles. The maximum Gasteiger partial charge on any atom is 0.246 e. The van der Waals surface area contributed by atoms with Crippen LogP contribution in [0.2, 0.25) is 0 Å². The molecule has 0 aromatic heterocycles. The minimum atomic E-state index is -0.398. The van der Waals surface area contributed by atoms with E-state index in [9.17, 15) is 9.90 Å². The number of hydrogen-bond donors (Lipinski definition) is 3. The van der Waals surface area contributed by atoms with E-state index in [1.807, 2.05) is 73.7 Å². The first kappa shape index (κ1) is 16.0. The van der Waals surface area contributed by atoms with Crippen LogP contribution in [0, 0.1) is 0 Å². The second-order valence-electron chi connectivity index (χ2n) is 5.78. The van der Waals surface area contributed by atoms with Crippen molar-refractivity contribution in [2.45, 2.75) is 19.6 Å².